The van der Waals surface area contributed by atoms with Gasteiger partial charge in [0.25, 0.3) is 6.43 Å². The first-order valence-electron chi connectivity index (χ1n) is 3.46. The predicted octanol–water partition coefficient (Wildman–Crippen LogP) is 1.81. The molecule has 0 aliphatic carbocycles. The van der Waals surface area contributed by atoms with Gasteiger partial charge in [-0.25, -0.2) is 8.78 Å². The first-order chi connectivity index (χ1) is 5.43. The summed E-state index contributed by atoms with van der Waals surface area (Å²) in [5.74, 6) is -0.156. The standard InChI is InChI=1S/C8H13F2NO/c1-6(7(2)12)4-11(3)5-8(9)10/h8,12H,1-2,4-5H2,3H3. The van der Waals surface area contributed by atoms with Crippen LogP contribution in [-0.4, -0.2) is 36.6 Å². The number of hydrogen-bond acceptors (Lipinski definition) is 2. The molecule has 0 saturated carbocycles. The maximum Gasteiger partial charge on any atom is 0.251 e. The number of alkyl halides is 2. The molecule has 12 heavy (non-hydrogen) atoms. The molecule has 0 saturated heterocycles. The Morgan fingerprint density at radius 1 is 1.50 bits per heavy atom. The zero-order valence-corrected chi connectivity index (χ0v) is 7.06. The highest BCUT2D eigenvalue weighted by atomic mass is 19.3. The van der Waals surface area contributed by atoms with Gasteiger partial charge in [-0.15, -0.1) is 0 Å². The van der Waals surface area contributed by atoms with Crippen molar-refractivity contribution in [3.8, 4) is 0 Å². The number of aliphatic hydroxyl groups is 1. The van der Waals surface area contributed by atoms with Crippen molar-refractivity contribution in [3.63, 3.8) is 0 Å². The lowest BCUT2D eigenvalue weighted by molar-refractivity contribution is 0.104. The summed E-state index contributed by atoms with van der Waals surface area (Å²) >= 11 is 0. The molecule has 70 valence electrons. The zero-order valence-electron chi connectivity index (χ0n) is 7.06. The molecule has 1 N–H and O–H groups in total. The molecular formula is C8H13F2NO. The average molecular weight is 177 g/mol. The number of aliphatic hydroxyl groups excluding tert-OH is 1. The van der Waals surface area contributed by atoms with Gasteiger partial charge in [-0.1, -0.05) is 13.2 Å². The first-order valence-corrected chi connectivity index (χ1v) is 3.46. The number of rotatable bonds is 5. The molecule has 0 aromatic heterocycles. The van der Waals surface area contributed by atoms with Crippen LogP contribution in [0.4, 0.5) is 8.78 Å². The lowest BCUT2D eigenvalue weighted by Crippen LogP contribution is -2.26. The number of nitrogens with zero attached hydrogens (tertiary/aromatic N) is 1. The molecule has 2 nitrogen and oxygen atoms in total. The molecule has 0 radical (unpaired) electrons. The molecule has 0 atom stereocenters. The summed E-state index contributed by atoms with van der Waals surface area (Å²) in [6, 6.07) is 0. The Morgan fingerprint density at radius 2 is 2.00 bits per heavy atom. The van der Waals surface area contributed by atoms with Crippen LogP contribution in [0.25, 0.3) is 0 Å². The van der Waals surface area contributed by atoms with Crippen molar-refractivity contribution in [2.45, 2.75) is 6.43 Å². The van der Waals surface area contributed by atoms with Crippen molar-refractivity contribution in [1.82, 2.24) is 4.90 Å². The van der Waals surface area contributed by atoms with Gasteiger partial charge >= 0.3 is 0 Å². The number of likely N-dealkylation sites (N-methyl/N-ethyl adjacent to an activating group) is 1. The van der Waals surface area contributed by atoms with Crippen LogP contribution in [0.15, 0.2) is 24.5 Å². The minimum Gasteiger partial charge on any atom is -0.508 e. The van der Waals surface area contributed by atoms with E-state index >= 15 is 0 Å². The highest BCUT2D eigenvalue weighted by Crippen LogP contribution is 2.04. The molecule has 0 amide bonds. The Labute approximate surface area is 70.8 Å². The Hall–Kier alpha value is -0.900. The van der Waals surface area contributed by atoms with Crippen molar-refractivity contribution >= 4 is 0 Å². The van der Waals surface area contributed by atoms with Crippen molar-refractivity contribution in [3.05, 3.63) is 24.5 Å². The number of halogens is 2. The molecule has 0 rings (SSSR count). The minimum atomic E-state index is -2.37. The SMILES string of the molecule is C=C(O)C(=C)CN(C)CC(F)F. The van der Waals surface area contributed by atoms with Gasteiger partial charge in [-0.2, -0.15) is 0 Å². The van der Waals surface area contributed by atoms with E-state index < -0.39 is 6.43 Å². The second-order valence-electron chi connectivity index (χ2n) is 2.64. The van der Waals surface area contributed by atoms with E-state index in [1.165, 1.54) is 11.9 Å². The van der Waals surface area contributed by atoms with Crippen molar-refractivity contribution in [1.29, 1.82) is 0 Å². The van der Waals surface area contributed by atoms with E-state index in [4.69, 9.17) is 5.11 Å². The van der Waals surface area contributed by atoms with Crippen molar-refractivity contribution < 1.29 is 13.9 Å². The van der Waals surface area contributed by atoms with Crippen molar-refractivity contribution in [2.75, 3.05) is 20.1 Å². The molecule has 0 aromatic rings. The van der Waals surface area contributed by atoms with Gasteiger partial charge in [0.2, 0.25) is 0 Å². The summed E-state index contributed by atoms with van der Waals surface area (Å²) in [6.45, 7) is 6.58. The van der Waals surface area contributed by atoms with E-state index in [2.05, 4.69) is 13.2 Å². The quantitative estimate of drug-likeness (QED) is 0.511. The van der Waals surface area contributed by atoms with Gasteiger partial charge < -0.3 is 5.11 Å². The van der Waals surface area contributed by atoms with Crippen LogP contribution in [0.3, 0.4) is 0 Å². The van der Waals surface area contributed by atoms with Gasteiger partial charge in [0, 0.05) is 12.1 Å². The lowest BCUT2D eigenvalue weighted by Gasteiger charge is -2.16. The largest absolute Gasteiger partial charge is 0.508 e. The summed E-state index contributed by atoms with van der Waals surface area (Å²) in [7, 11) is 1.53. The predicted molar refractivity (Wildman–Crippen MR) is 44.4 cm³/mol. The average Bonchev–Trinajstić information content (AvgIpc) is 1.84. The Balaban J connectivity index is 3.76. The molecule has 0 aliphatic rings. The topological polar surface area (TPSA) is 23.5 Å². The fourth-order valence-electron chi connectivity index (χ4n) is 0.717. The maximum atomic E-state index is 11.8. The second kappa shape index (κ2) is 4.87. The Bertz CT molecular complexity index is 180. The third kappa shape index (κ3) is 4.85. The fraction of sp³-hybridized carbons (Fsp3) is 0.500. The molecule has 0 spiro atoms. The van der Waals surface area contributed by atoms with E-state index in [9.17, 15) is 8.78 Å². The monoisotopic (exact) mass is 177 g/mol. The smallest absolute Gasteiger partial charge is 0.251 e. The van der Waals surface area contributed by atoms with E-state index in [-0.39, 0.29) is 18.8 Å². The van der Waals surface area contributed by atoms with Gasteiger partial charge in [0.1, 0.15) is 5.76 Å². The molecule has 0 unspecified atom stereocenters. The van der Waals surface area contributed by atoms with Crippen LogP contribution in [0, 0.1) is 0 Å². The molecule has 4 heteroatoms. The van der Waals surface area contributed by atoms with Gasteiger partial charge in [0.15, 0.2) is 0 Å². The summed E-state index contributed by atoms with van der Waals surface area (Å²) < 4.78 is 23.6. The maximum absolute atomic E-state index is 11.8. The summed E-state index contributed by atoms with van der Waals surface area (Å²) in [6.07, 6.45) is -2.37. The van der Waals surface area contributed by atoms with Crippen LogP contribution >= 0.6 is 0 Å². The van der Waals surface area contributed by atoms with Crippen LogP contribution in [0.2, 0.25) is 0 Å². The molecule has 0 aromatic carbocycles. The third-order valence-corrected chi connectivity index (χ3v) is 1.32. The molecule has 0 fully saturated rings. The third-order valence-electron chi connectivity index (χ3n) is 1.32. The van der Waals surface area contributed by atoms with E-state index in [0.717, 1.165) is 0 Å². The van der Waals surface area contributed by atoms with Crippen molar-refractivity contribution in [2.24, 2.45) is 0 Å². The van der Waals surface area contributed by atoms with Gasteiger partial charge in [-0.3, -0.25) is 4.90 Å². The molecule has 0 aliphatic heterocycles. The summed E-state index contributed by atoms with van der Waals surface area (Å²) in [5, 5.41) is 8.80. The van der Waals surface area contributed by atoms with Crippen LogP contribution in [-0.2, 0) is 0 Å². The van der Waals surface area contributed by atoms with E-state index in [1.54, 1.807) is 0 Å². The highest BCUT2D eigenvalue weighted by molar-refractivity contribution is 5.19. The first kappa shape index (κ1) is 11.1. The van der Waals surface area contributed by atoms with E-state index in [0.29, 0.717) is 5.57 Å². The molecule has 0 bridgehead atoms. The summed E-state index contributed by atoms with van der Waals surface area (Å²) in [4.78, 5) is 1.37. The Morgan fingerprint density at radius 3 is 2.33 bits per heavy atom. The van der Waals surface area contributed by atoms with E-state index in [1.807, 2.05) is 0 Å². The van der Waals surface area contributed by atoms with Crippen LogP contribution in [0.1, 0.15) is 0 Å². The fourth-order valence-corrected chi connectivity index (χ4v) is 0.717. The van der Waals surface area contributed by atoms with Gasteiger partial charge in [0.05, 0.1) is 6.54 Å². The minimum absolute atomic E-state index is 0.156. The molecule has 0 heterocycles. The summed E-state index contributed by atoms with van der Waals surface area (Å²) in [5.41, 5.74) is 0.359. The van der Waals surface area contributed by atoms with Gasteiger partial charge in [-0.05, 0) is 7.05 Å². The zero-order chi connectivity index (χ0) is 9.72. The van der Waals surface area contributed by atoms with Crippen LogP contribution < -0.4 is 0 Å². The molecular weight excluding hydrogens is 164 g/mol. The lowest BCUT2D eigenvalue weighted by atomic mass is 10.2. The highest BCUT2D eigenvalue weighted by Gasteiger charge is 2.09. The number of hydrogen-bond donors (Lipinski definition) is 1. The van der Waals surface area contributed by atoms with Crippen LogP contribution in [0.5, 0.6) is 0 Å². The normalized spacial score (nSPS) is 10.8. The second-order valence-corrected chi connectivity index (χ2v) is 2.64. The Kier molecular flexibility index (Phi) is 4.51.